The van der Waals surface area contributed by atoms with Crippen molar-refractivity contribution in [3.63, 3.8) is 0 Å². The van der Waals surface area contributed by atoms with Gasteiger partial charge in [-0.3, -0.25) is 29.7 Å². The number of aliphatic imine (C=N–C) groups is 4. The first kappa shape index (κ1) is 124. The first-order chi connectivity index (χ1) is 67.8. The van der Waals surface area contributed by atoms with Crippen molar-refractivity contribution in [2.45, 2.75) is 203 Å². The largest absolute Gasteiger partial charge is 0.493 e. The van der Waals surface area contributed by atoms with Gasteiger partial charge in [-0.2, -0.15) is 0 Å². The number of aromatic nitrogens is 2. The van der Waals surface area contributed by atoms with Crippen LogP contribution in [0.25, 0.3) is 0 Å². The number of carbonyl (C=O) groups is 5. The summed E-state index contributed by atoms with van der Waals surface area (Å²) in [5.41, 5.74) is 8.03. The van der Waals surface area contributed by atoms with Crippen molar-refractivity contribution in [1.29, 1.82) is 0 Å². The highest BCUT2D eigenvalue weighted by Crippen LogP contribution is 2.52. The van der Waals surface area contributed by atoms with Gasteiger partial charge in [0.1, 0.15) is 115 Å². The van der Waals surface area contributed by atoms with Gasteiger partial charge in [-0.05, 0) is 174 Å². The molecule has 0 saturated carbocycles. The lowest BCUT2D eigenvalue weighted by atomic mass is 9.81. The summed E-state index contributed by atoms with van der Waals surface area (Å²) in [6, 6.07) is 25.9. The number of nitrogens with zero attached hydrogens (tertiary/aromatic N) is 14. The molecule has 0 aliphatic carbocycles. The second-order valence-electron chi connectivity index (χ2n) is 37.9. The minimum absolute atomic E-state index is 0. The smallest absolute Gasteiger partial charge is 0.419 e. The predicted molar refractivity (Wildman–Crippen MR) is 560 cm³/mol. The number of anilines is 1. The maximum absolute atomic E-state index is 14.1. The van der Waals surface area contributed by atoms with Crippen molar-refractivity contribution in [2.75, 3.05) is 142 Å². The van der Waals surface area contributed by atoms with Crippen molar-refractivity contribution in [1.82, 2.24) is 41.9 Å². The maximum atomic E-state index is 14.1. The van der Waals surface area contributed by atoms with Gasteiger partial charge in [-0.25, -0.2) is 99.9 Å². The number of carbonyl (C=O) groups excluding carboxylic acids is 5. The summed E-state index contributed by atoms with van der Waals surface area (Å²) in [7, 11) is 2.10. The number of non-ortho nitro benzene ring substituents is 1. The number of nitro benzene ring substituents is 1. The molecule has 44 nitrogen and oxygen atoms in total. The number of hydrogen-bond donors (Lipinski definition) is 2. The number of methoxy groups -OCH3 is 3. The highest BCUT2D eigenvalue weighted by atomic mass is 35.5. The Morgan fingerprint density at radius 3 is 1.02 bits per heavy atom. The molecule has 8 aliphatic heterocycles. The van der Waals surface area contributed by atoms with Gasteiger partial charge >= 0.3 is 18.3 Å². The molecule has 53 heteroatoms. The lowest BCUT2D eigenvalue weighted by Crippen LogP contribution is -2.59. The predicted octanol–water partition coefficient (Wildman–Crippen LogP) is 10.8. The molecule has 0 unspecified atom stereocenters. The number of benzene rings is 4. The van der Waals surface area contributed by atoms with E-state index in [1.807, 2.05) is 0 Å². The number of sulfonamides is 4. The average Bonchev–Trinajstić information content (AvgIpc) is 1.34. The fraction of sp³-hybridized carbons (Fsp3) is 0.547. The lowest BCUT2D eigenvalue weighted by Gasteiger charge is -2.43. The molecule has 0 fully saturated rings. The first-order valence-corrected chi connectivity index (χ1v) is 52.5. The number of nitrogen functional groups attached to an aromatic ring is 1. The quantitative estimate of drug-likeness (QED) is 0.00931. The Balaban J connectivity index is 0.000000266. The molecule has 2 aromatic heterocycles. The van der Waals surface area contributed by atoms with Crippen molar-refractivity contribution in [3.8, 4) is 23.0 Å². The monoisotopic (exact) mass is 2180 g/mol. The normalized spacial score (nSPS) is 22.1. The third-order valence-corrected chi connectivity index (χ3v) is 34.1. The Hall–Kier alpha value is -11.3. The van der Waals surface area contributed by atoms with Crippen molar-refractivity contribution >= 4 is 152 Å². The van der Waals surface area contributed by atoms with E-state index < -0.39 is 123 Å². The topological polar surface area (TPSA) is 535 Å². The van der Waals surface area contributed by atoms with Crippen LogP contribution in [0.3, 0.4) is 0 Å². The molecule has 0 saturated heterocycles. The zero-order chi connectivity index (χ0) is 107. The standard InChI is InChI=1S/C29H37ClN4O8S.C22H32N4O9S.C22H34N4O7S.C20H21ClN4O4S.2CH4.B2.B/c1-28(2,3)42-27(36)34(18-40-14-13-39-6)26-32-29(4)21-15-19(16-23(35)22-9-8-20(30)17-31-22)7-10-24(21)41-12-11-25(29)43(37,38)33(26)5;1-21(2,3)35-20(27)25(14-33-12-11-32-6)19-23-22(4)16-13-15(26(28)29)7-8-17(16)34-10-9-18(22)36(30,31)24(19)5;1-21(2,3)33-20(27)26(14-31-12-11-30-6)19-24-22(4)16-13-15(23)7-8-17(16)32-10-9-18(22)34(28,29)25(19)5;1-20-14-9-12(10-16(26)15-5-4-13(21)11-23-15)3-6-17(14)29-8-7-18(20)30(27,28)25(2)19(22)24-20;;;1-2;/h7-10,15,17,25H,11-14,16,18H2,1-6H3;7-8,13,18H,9-12,14H2,1-6H3;7-8,13,18H,9-12,14,23H2,1-6H3;3-6,9,11,18H,7-8,10H2,1-2H3,(H2,22,24);2*1H4;;/t25-,29-;2*18-,22-;18-,20-;;;;/m1111..../s1. The van der Waals surface area contributed by atoms with Gasteiger partial charge in [0.2, 0.25) is 63.9 Å². The number of ether oxygens (including phenoxy) is 13. The van der Waals surface area contributed by atoms with Crippen LogP contribution in [0.2, 0.25) is 10.0 Å². The number of amides is 3. The van der Waals surface area contributed by atoms with Gasteiger partial charge in [0.15, 0.2) is 11.6 Å². The van der Waals surface area contributed by atoms with E-state index in [0.717, 1.165) is 31.9 Å². The summed E-state index contributed by atoms with van der Waals surface area (Å²) in [5.74, 6) is 0.764. The van der Waals surface area contributed by atoms with E-state index in [2.05, 4.69) is 30.4 Å². The summed E-state index contributed by atoms with van der Waals surface area (Å²) in [5, 5.41) is 8.49. The summed E-state index contributed by atoms with van der Waals surface area (Å²) < 4.78 is 185. The van der Waals surface area contributed by atoms with E-state index in [9.17, 15) is 67.8 Å². The number of hydrogen-bond acceptors (Lipinski definition) is 36. The highest BCUT2D eigenvalue weighted by Gasteiger charge is 2.59. The Kier molecular flexibility index (Phi) is 41.9. The Morgan fingerprint density at radius 2 is 0.730 bits per heavy atom. The SMILES string of the molecule is C.C.CN1C(N)=N[C@]2(C)c3cc(CC(=O)c4ccc(Cl)cn4)ccc3OCC[C@H]2S1(=O)=O.COCCOCN(C(=O)OC(C)(C)C)C1=N[C@]2(C)c3cc(CC(=O)c4ccc(Cl)cn4)ccc3OCC[C@H]2S(=O)(=O)N1C.COCCOCN(C(=O)OC(C)(C)C)C1=N[C@]2(C)c3cc(N)ccc3OCC[C@H]2S(=O)(=O)N1C.COCCOCN(C(=O)OC(C)(C)C)C1=N[C@]2(C)c3cc([N+](=O)[O-])ccc3OCC[C@H]2S(=O)(=O)N1C.[B].[B][B]. The van der Waals surface area contributed by atoms with Crippen LogP contribution in [0.1, 0.15) is 185 Å². The molecule has 4 N–H and O–H groups in total. The van der Waals surface area contributed by atoms with Gasteiger partial charge in [0, 0.05) is 164 Å². The Bertz CT molecular complexity index is 6370. The van der Waals surface area contributed by atoms with Crippen LogP contribution in [-0.4, -0.2) is 332 Å². The number of halogens is 2. The van der Waals surface area contributed by atoms with Gasteiger partial charge in [-0.15, -0.1) is 0 Å². The van der Waals surface area contributed by atoms with Gasteiger partial charge in [0.25, 0.3) is 5.69 Å². The third kappa shape index (κ3) is 27.9. The molecule has 807 valence electrons. The number of pyridine rings is 2. The minimum Gasteiger partial charge on any atom is -0.493 e. The second-order valence-corrected chi connectivity index (χ2v) is 47.4. The van der Waals surface area contributed by atoms with Crippen LogP contribution in [0.5, 0.6) is 23.0 Å². The molecular formula is C95H132B3Cl2N16O28S4. The fourth-order valence-corrected chi connectivity index (χ4v) is 24.7. The molecular weight excluding hydrogens is 2040 g/mol. The van der Waals surface area contributed by atoms with E-state index in [-0.39, 0.29) is 200 Å². The molecule has 10 heterocycles. The van der Waals surface area contributed by atoms with Crippen LogP contribution in [0.15, 0.2) is 129 Å². The molecule has 0 spiro atoms. The lowest BCUT2D eigenvalue weighted by molar-refractivity contribution is -0.385. The molecule has 6 aromatic rings. The molecule has 8 atom stereocenters. The summed E-state index contributed by atoms with van der Waals surface area (Å²) >= 11 is 11.7. The van der Waals surface area contributed by atoms with E-state index >= 15 is 0 Å². The number of fused-ring (bicyclic) bond motifs is 12. The molecule has 0 bridgehead atoms. The summed E-state index contributed by atoms with van der Waals surface area (Å²) in [4.78, 5) is 107. The van der Waals surface area contributed by atoms with Crippen molar-refractivity contribution < 1.29 is 124 Å². The van der Waals surface area contributed by atoms with Crippen LogP contribution in [0.4, 0.5) is 25.8 Å². The van der Waals surface area contributed by atoms with Gasteiger partial charge < -0.3 is 73.0 Å². The van der Waals surface area contributed by atoms with E-state index in [1.54, 1.807) is 169 Å². The summed E-state index contributed by atoms with van der Waals surface area (Å²) in [6.07, 6.45) is 1.16. The maximum Gasteiger partial charge on any atom is 0.419 e. The molecule has 3 amide bonds. The second kappa shape index (κ2) is 50.1. The highest BCUT2D eigenvalue weighted by molar-refractivity contribution is 7.91. The Morgan fingerprint density at radius 1 is 0.446 bits per heavy atom. The van der Waals surface area contributed by atoms with Crippen LogP contribution < -0.4 is 30.4 Å². The van der Waals surface area contributed by atoms with Crippen molar-refractivity contribution in [2.24, 2.45) is 25.7 Å². The molecule has 7 radical (unpaired) electrons. The van der Waals surface area contributed by atoms with E-state index in [0.29, 0.717) is 73.1 Å². The summed E-state index contributed by atoms with van der Waals surface area (Å²) in [6.45, 7) is 23.0. The van der Waals surface area contributed by atoms with Crippen LogP contribution in [-0.2, 0) is 118 Å². The van der Waals surface area contributed by atoms with Gasteiger partial charge in [0.05, 0.1) is 81.0 Å². The van der Waals surface area contributed by atoms with Crippen LogP contribution >= 0.6 is 23.2 Å². The van der Waals surface area contributed by atoms with E-state index in [1.165, 1.54) is 80.1 Å². The molecule has 8 aliphatic rings. The molecule has 4 aromatic carbocycles. The molecule has 148 heavy (non-hydrogen) atoms. The number of nitrogens with two attached hydrogens (primary N) is 2. The van der Waals surface area contributed by atoms with Crippen molar-refractivity contribution in [3.05, 3.63) is 174 Å². The zero-order valence-electron chi connectivity index (χ0n) is 85.1. The number of ketones is 2. The molecule has 14 rings (SSSR count). The Labute approximate surface area is 880 Å². The van der Waals surface area contributed by atoms with Crippen LogP contribution in [0, 0.1) is 10.1 Å². The zero-order valence-corrected chi connectivity index (χ0v) is 89.9. The number of guanidine groups is 4. The number of Topliss-reactive ketones (excluding diaryl/α,β-unsaturated/α-hetero) is 2. The fourth-order valence-electron chi connectivity index (χ4n) is 17.0. The third-order valence-electron chi connectivity index (χ3n) is 24.3. The minimum atomic E-state index is -4.10. The van der Waals surface area contributed by atoms with E-state index in [4.69, 9.17) is 111 Å². The average molecular weight is 2180 g/mol. The van der Waals surface area contributed by atoms with Gasteiger partial charge in [-0.1, -0.05) is 50.2 Å². The first-order valence-electron chi connectivity index (χ1n) is 45.7. The number of nitro groups is 1. The number of rotatable bonds is 22.